The standard InChI is InChI=1S/C73H47N3O/c1-6-22-50(23-7-1)74(51-24-8-2-9-25-51)55-44-49(45-56(47-55)75(52-26-10-3-11-27-52)53-28-12-4-13-29-53)48-38-41-65-62(46-48)57-32-16-19-35-63(57)73(65)64-36-20-17-33-60(64)69-66(73)42-39-58-59-40-43-68-70(72(59)77-71(58)69)61-34-18-21-37-67(61)76(68)54-30-14-5-15-31-54/h1-47H. The Hall–Kier alpha value is -10.2. The summed E-state index contributed by atoms with van der Waals surface area (Å²) in [6.45, 7) is 0. The molecule has 77 heavy (non-hydrogen) atoms. The molecule has 14 aromatic rings. The molecule has 0 bridgehead atoms. The van der Waals surface area contributed by atoms with Gasteiger partial charge in [0.05, 0.1) is 21.8 Å². The van der Waals surface area contributed by atoms with E-state index in [4.69, 9.17) is 4.42 Å². The number of anilines is 6. The molecule has 16 rings (SSSR count). The lowest BCUT2D eigenvalue weighted by Gasteiger charge is -2.31. The minimum atomic E-state index is -0.579. The summed E-state index contributed by atoms with van der Waals surface area (Å²) < 4.78 is 9.82. The van der Waals surface area contributed by atoms with Crippen LogP contribution >= 0.6 is 0 Å². The third-order valence-electron chi connectivity index (χ3n) is 16.3. The van der Waals surface area contributed by atoms with E-state index in [1.54, 1.807) is 0 Å². The summed E-state index contributed by atoms with van der Waals surface area (Å²) in [6.07, 6.45) is 0. The molecule has 360 valence electrons. The molecule has 0 aliphatic heterocycles. The number of furan rings is 1. The van der Waals surface area contributed by atoms with Gasteiger partial charge in [0.15, 0.2) is 0 Å². The maximum absolute atomic E-state index is 7.45. The molecule has 0 saturated carbocycles. The first-order chi connectivity index (χ1) is 38.2. The third-order valence-corrected chi connectivity index (χ3v) is 16.3. The van der Waals surface area contributed by atoms with Crippen LogP contribution in [0.3, 0.4) is 0 Å². The zero-order valence-corrected chi connectivity index (χ0v) is 41.9. The van der Waals surface area contributed by atoms with Gasteiger partial charge in [-0.25, -0.2) is 0 Å². The Labute approximate surface area is 446 Å². The minimum absolute atomic E-state index is 0.579. The van der Waals surface area contributed by atoms with Gasteiger partial charge in [0, 0.05) is 61.5 Å². The lowest BCUT2D eigenvalue weighted by atomic mass is 9.70. The average Bonchev–Trinajstić information content (AvgIpc) is 3.27. The van der Waals surface area contributed by atoms with Gasteiger partial charge in [-0.05, 0) is 153 Å². The molecule has 12 aromatic carbocycles. The van der Waals surface area contributed by atoms with Crippen LogP contribution in [-0.4, -0.2) is 4.57 Å². The first-order valence-electron chi connectivity index (χ1n) is 26.5. The summed E-state index contributed by atoms with van der Waals surface area (Å²) in [5.74, 6) is 0. The van der Waals surface area contributed by atoms with Crippen LogP contribution in [0.1, 0.15) is 22.3 Å². The lowest BCUT2D eigenvalue weighted by molar-refractivity contribution is 0.673. The molecule has 1 spiro atoms. The van der Waals surface area contributed by atoms with Crippen molar-refractivity contribution in [3.05, 3.63) is 307 Å². The fraction of sp³-hybridized carbons (Fsp3) is 0.0137. The largest absolute Gasteiger partial charge is 0.455 e. The van der Waals surface area contributed by atoms with Gasteiger partial charge in [0.25, 0.3) is 0 Å². The Morgan fingerprint density at radius 3 is 1.40 bits per heavy atom. The highest BCUT2D eigenvalue weighted by atomic mass is 16.3. The Bertz CT molecular complexity index is 4440. The molecular formula is C73H47N3O. The Morgan fingerprint density at radius 1 is 0.299 bits per heavy atom. The van der Waals surface area contributed by atoms with Crippen molar-refractivity contribution in [2.45, 2.75) is 5.41 Å². The Morgan fingerprint density at radius 2 is 0.779 bits per heavy atom. The zero-order chi connectivity index (χ0) is 50.6. The van der Waals surface area contributed by atoms with Crippen LogP contribution in [0.4, 0.5) is 34.1 Å². The molecule has 2 heterocycles. The van der Waals surface area contributed by atoms with E-state index < -0.39 is 5.41 Å². The van der Waals surface area contributed by atoms with Crippen molar-refractivity contribution in [3.8, 4) is 39.1 Å². The van der Waals surface area contributed by atoms with Crippen LogP contribution in [0.5, 0.6) is 0 Å². The molecule has 0 fully saturated rings. The molecule has 0 N–H and O–H groups in total. The smallest absolute Gasteiger partial charge is 0.145 e. The average molecular weight is 982 g/mol. The summed E-state index contributed by atoms with van der Waals surface area (Å²) in [7, 11) is 0. The second kappa shape index (κ2) is 16.9. The van der Waals surface area contributed by atoms with Crippen molar-refractivity contribution in [2.24, 2.45) is 0 Å². The molecule has 1 atom stereocenters. The number of para-hydroxylation sites is 6. The fourth-order valence-corrected chi connectivity index (χ4v) is 13.2. The summed E-state index contributed by atoms with van der Waals surface area (Å²) in [6, 6.07) is 104. The van der Waals surface area contributed by atoms with Gasteiger partial charge in [-0.2, -0.15) is 0 Å². The molecule has 0 saturated heterocycles. The minimum Gasteiger partial charge on any atom is -0.455 e. The molecule has 2 aliphatic rings. The van der Waals surface area contributed by atoms with E-state index in [1.807, 2.05) is 0 Å². The first kappa shape index (κ1) is 43.3. The molecule has 2 aliphatic carbocycles. The summed E-state index contributed by atoms with van der Waals surface area (Å²) in [5.41, 5.74) is 23.3. The fourth-order valence-electron chi connectivity index (χ4n) is 13.2. The van der Waals surface area contributed by atoms with Crippen LogP contribution < -0.4 is 9.80 Å². The predicted octanol–water partition coefficient (Wildman–Crippen LogP) is 19.6. The molecule has 0 radical (unpaired) electrons. The van der Waals surface area contributed by atoms with Gasteiger partial charge in [0.2, 0.25) is 0 Å². The van der Waals surface area contributed by atoms with Crippen LogP contribution in [0.2, 0.25) is 0 Å². The number of hydrogen-bond acceptors (Lipinski definition) is 3. The van der Waals surface area contributed by atoms with Crippen LogP contribution in [0.15, 0.2) is 290 Å². The van der Waals surface area contributed by atoms with Crippen molar-refractivity contribution in [3.63, 3.8) is 0 Å². The number of fused-ring (bicyclic) bond motifs is 18. The second-order valence-corrected chi connectivity index (χ2v) is 20.3. The van der Waals surface area contributed by atoms with E-state index in [0.717, 1.165) is 89.3 Å². The number of nitrogens with zero attached hydrogens (tertiary/aromatic N) is 3. The van der Waals surface area contributed by atoms with E-state index in [0.29, 0.717) is 0 Å². The van der Waals surface area contributed by atoms with Gasteiger partial charge in [-0.1, -0.05) is 182 Å². The molecule has 4 heteroatoms. The molecule has 2 aromatic heterocycles. The molecular weight excluding hydrogens is 935 g/mol. The second-order valence-electron chi connectivity index (χ2n) is 20.3. The normalized spacial score (nSPS) is 14.0. The molecule has 0 amide bonds. The van der Waals surface area contributed by atoms with Gasteiger partial charge < -0.3 is 18.8 Å². The van der Waals surface area contributed by atoms with Gasteiger partial charge in [-0.3, -0.25) is 0 Å². The molecule has 1 unspecified atom stereocenters. The highest BCUT2D eigenvalue weighted by Gasteiger charge is 2.52. The van der Waals surface area contributed by atoms with Gasteiger partial charge in [0.1, 0.15) is 11.2 Å². The van der Waals surface area contributed by atoms with E-state index in [-0.39, 0.29) is 0 Å². The summed E-state index contributed by atoms with van der Waals surface area (Å²) >= 11 is 0. The molecule has 4 nitrogen and oxygen atoms in total. The van der Waals surface area contributed by atoms with Crippen LogP contribution in [0.25, 0.3) is 82.8 Å². The summed E-state index contributed by atoms with van der Waals surface area (Å²) in [4.78, 5) is 4.74. The van der Waals surface area contributed by atoms with E-state index in [9.17, 15) is 0 Å². The first-order valence-corrected chi connectivity index (χ1v) is 26.5. The maximum Gasteiger partial charge on any atom is 0.145 e. The van der Waals surface area contributed by atoms with E-state index in [1.165, 1.54) is 49.9 Å². The highest BCUT2D eigenvalue weighted by molar-refractivity contribution is 6.25. The van der Waals surface area contributed by atoms with E-state index in [2.05, 4.69) is 299 Å². The van der Waals surface area contributed by atoms with Gasteiger partial charge in [-0.15, -0.1) is 0 Å². The maximum atomic E-state index is 7.45. The summed E-state index contributed by atoms with van der Waals surface area (Å²) in [5, 5.41) is 4.56. The van der Waals surface area contributed by atoms with Crippen molar-refractivity contribution in [1.29, 1.82) is 0 Å². The zero-order valence-electron chi connectivity index (χ0n) is 41.9. The van der Waals surface area contributed by atoms with Gasteiger partial charge >= 0.3 is 0 Å². The highest BCUT2D eigenvalue weighted by Crippen LogP contribution is 2.64. The third kappa shape index (κ3) is 6.33. The Kier molecular flexibility index (Phi) is 9.52. The van der Waals surface area contributed by atoms with Crippen LogP contribution in [0, 0.1) is 0 Å². The predicted molar refractivity (Wildman–Crippen MR) is 319 cm³/mol. The topological polar surface area (TPSA) is 24.6 Å². The van der Waals surface area contributed by atoms with Crippen molar-refractivity contribution < 1.29 is 4.42 Å². The van der Waals surface area contributed by atoms with Crippen LogP contribution in [-0.2, 0) is 5.41 Å². The lowest BCUT2D eigenvalue weighted by Crippen LogP contribution is -2.25. The monoisotopic (exact) mass is 981 g/mol. The number of benzene rings is 12. The van der Waals surface area contributed by atoms with Crippen molar-refractivity contribution in [2.75, 3.05) is 9.80 Å². The van der Waals surface area contributed by atoms with Crippen molar-refractivity contribution in [1.82, 2.24) is 4.57 Å². The number of aromatic nitrogens is 1. The Balaban J connectivity index is 0.924. The van der Waals surface area contributed by atoms with Crippen molar-refractivity contribution >= 4 is 77.9 Å². The SMILES string of the molecule is c1ccc(N(c2ccccc2)c2cc(-c3ccc4c(c3)-c3ccccc3C43c4ccccc4-c4c3ccc3c4oc4c3ccc3c4c4ccccc4n3-c3ccccc3)cc(N(c3ccccc3)c3ccccc3)c2)cc1. The van der Waals surface area contributed by atoms with E-state index >= 15 is 0 Å². The number of rotatable bonds is 8. The number of hydrogen-bond donors (Lipinski definition) is 0. The quantitative estimate of drug-likeness (QED) is 0.152.